The second-order valence-electron chi connectivity index (χ2n) is 4.35. The van der Waals surface area contributed by atoms with Crippen molar-refractivity contribution in [3.8, 4) is 0 Å². The highest BCUT2D eigenvalue weighted by molar-refractivity contribution is 5.76. The van der Waals surface area contributed by atoms with E-state index in [1.807, 2.05) is 27.7 Å². The molecule has 0 aliphatic heterocycles. The molecule has 0 saturated heterocycles. The topological polar surface area (TPSA) is 55.8 Å². The molecule has 90 valence electrons. The highest BCUT2D eigenvalue weighted by Gasteiger charge is 2.32. The summed E-state index contributed by atoms with van der Waals surface area (Å²) in [7, 11) is 0. The molecule has 0 spiro atoms. The van der Waals surface area contributed by atoms with E-state index in [1.54, 1.807) is 0 Å². The summed E-state index contributed by atoms with van der Waals surface area (Å²) in [5.41, 5.74) is -0.461. The van der Waals surface area contributed by atoms with Crippen LogP contribution in [0.5, 0.6) is 0 Å². The molecule has 0 amide bonds. The SMILES string of the molecule is CC(C)C(C)(C)C(=O)OCCOCCO. The van der Waals surface area contributed by atoms with E-state index in [2.05, 4.69) is 0 Å². The Hall–Kier alpha value is -0.610. The van der Waals surface area contributed by atoms with Gasteiger partial charge in [-0.25, -0.2) is 0 Å². The summed E-state index contributed by atoms with van der Waals surface area (Å²) >= 11 is 0. The smallest absolute Gasteiger partial charge is 0.311 e. The monoisotopic (exact) mass is 218 g/mol. The molecule has 0 aromatic rings. The summed E-state index contributed by atoms with van der Waals surface area (Å²) < 4.78 is 10.0. The Kier molecular flexibility index (Phi) is 6.52. The molecule has 0 unspecified atom stereocenters. The molecule has 0 radical (unpaired) electrons. The van der Waals surface area contributed by atoms with E-state index in [4.69, 9.17) is 14.6 Å². The Morgan fingerprint density at radius 2 is 1.87 bits per heavy atom. The molecule has 0 bridgehead atoms. The number of aliphatic hydroxyl groups excluding tert-OH is 1. The maximum atomic E-state index is 11.6. The van der Waals surface area contributed by atoms with Crippen LogP contribution in [0, 0.1) is 11.3 Å². The summed E-state index contributed by atoms with van der Waals surface area (Å²) in [5, 5.41) is 8.44. The van der Waals surface area contributed by atoms with Gasteiger partial charge in [0.25, 0.3) is 0 Å². The van der Waals surface area contributed by atoms with E-state index in [1.165, 1.54) is 0 Å². The molecule has 0 atom stereocenters. The van der Waals surface area contributed by atoms with Crippen LogP contribution in [0.3, 0.4) is 0 Å². The quantitative estimate of drug-likeness (QED) is 0.515. The average molecular weight is 218 g/mol. The molecule has 4 heteroatoms. The maximum absolute atomic E-state index is 11.6. The van der Waals surface area contributed by atoms with E-state index in [9.17, 15) is 4.79 Å². The van der Waals surface area contributed by atoms with Crippen molar-refractivity contribution < 1.29 is 19.4 Å². The lowest BCUT2D eigenvalue weighted by molar-refractivity contribution is -0.158. The Bertz CT molecular complexity index is 187. The van der Waals surface area contributed by atoms with Crippen LogP contribution in [0.1, 0.15) is 27.7 Å². The number of hydrogen-bond donors (Lipinski definition) is 1. The molecular weight excluding hydrogens is 196 g/mol. The Labute approximate surface area is 91.6 Å². The molecule has 0 rings (SSSR count). The molecule has 1 N–H and O–H groups in total. The van der Waals surface area contributed by atoms with Crippen LogP contribution in [0.4, 0.5) is 0 Å². The molecule has 15 heavy (non-hydrogen) atoms. The molecule has 0 aromatic heterocycles. The molecular formula is C11H22O4. The van der Waals surface area contributed by atoms with E-state index in [0.717, 1.165) is 0 Å². The van der Waals surface area contributed by atoms with Gasteiger partial charge in [0.1, 0.15) is 6.61 Å². The molecule has 0 heterocycles. The van der Waals surface area contributed by atoms with Crippen LogP contribution in [-0.2, 0) is 14.3 Å². The van der Waals surface area contributed by atoms with Crippen molar-refractivity contribution >= 4 is 5.97 Å². The lowest BCUT2D eigenvalue weighted by atomic mass is 9.81. The average Bonchev–Trinajstić information content (AvgIpc) is 2.16. The van der Waals surface area contributed by atoms with Crippen LogP contribution in [0.2, 0.25) is 0 Å². The van der Waals surface area contributed by atoms with E-state index in [0.29, 0.717) is 6.61 Å². The van der Waals surface area contributed by atoms with Gasteiger partial charge in [0.05, 0.1) is 25.2 Å². The summed E-state index contributed by atoms with van der Waals surface area (Å²) in [4.78, 5) is 11.6. The third kappa shape index (κ3) is 5.14. The van der Waals surface area contributed by atoms with Crippen LogP contribution in [0.15, 0.2) is 0 Å². The van der Waals surface area contributed by atoms with Gasteiger partial charge in [0, 0.05) is 0 Å². The van der Waals surface area contributed by atoms with Gasteiger partial charge in [0.15, 0.2) is 0 Å². The summed E-state index contributed by atoms with van der Waals surface area (Å²) in [6.07, 6.45) is 0. The summed E-state index contributed by atoms with van der Waals surface area (Å²) in [6.45, 7) is 8.57. The lowest BCUT2D eigenvalue weighted by Crippen LogP contribution is -2.32. The zero-order valence-corrected chi connectivity index (χ0v) is 10.1. The van der Waals surface area contributed by atoms with Gasteiger partial charge in [-0.1, -0.05) is 13.8 Å². The first-order valence-electron chi connectivity index (χ1n) is 5.28. The Morgan fingerprint density at radius 3 is 2.33 bits per heavy atom. The number of carbonyl (C=O) groups is 1. The number of aliphatic hydroxyl groups is 1. The predicted octanol–water partition coefficient (Wildman–Crippen LogP) is 1.22. The fraction of sp³-hybridized carbons (Fsp3) is 0.909. The third-order valence-electron chi connectivity index (χ3n) is 2.67. The number of ether oxygens (including phenoxy) is 2. The van der Waals surface area contributed by atoms with E-state index < -0.39 is 5.41 Å². The zero-order valence-electron chi connectivity index (χ0n) is 10.1. The van der Waals surface area contributed by atoms with Gasteiger partial charge in [-0.3, -0.25) is 4.79 Å². The van der Waals surface area contributed by atoms with Gasteiger partial charge in [-0.05, 0) is 19.8 Å². The first-order chi connectivity index (χ1) is 6.92. The van der Waals surface area contributed by atoms with Crippen molar-refractivity contribution in [2.75, 3.05) is 26.4 Å². The van der Waals surface area contributed by atoms with Crippen molar-refractivity contribution in [1.82, 2.24) is 0 Å². The van der Waals surface area contributed by atoms with E-state index in [-0.39, 0.29) is 31.7 Å². The van der Waals surface area contributed by atoms with Crippen molar-refractivity contribution in [1.29, 1.82) is 0 Å². The van der Waals surface area contributed by atoms with Crippen LogP contribution < -0.4 is 0 Å². The van der Waals surface area contributed by atoms with Crippen molar-refractivity contribution in [3.63, 3.8) is 0 Å². The highest BCUT2D eigenvalue weighted by atomic mass is 16.6. The molecule has 0 aliphatic carbocycles. The minimum absolute atomic E-state index is 0.00850. The van der Waals surface area contributed by atoms with Gasteiger partial charge in [-0.15, -0.1) is 0 Å². The fourth-order valence-electron chi connectivity index (χ4n) is 0.782. The van der Waals surface area contributed by atoms with Crippen molar-refractivity contribution in [2.45, 2.75) is 27.7 Å². The van der Waals surface area contributed by atoms with Gasteiger partial charge in [-0.2, -0.15) is 0 Å². The largest absolute Gasteiger partial charge is 0.463 e. The zero-order chi connectivity index (χ0) is 11.9. The van der Waals surface area contributed by atoms with Gasteiger partial charge < -0.3 is 14.6 Å². The maximum Gasteiger partial charge on any atom is 0.311 e. The Balaban J connectivity index is 3.74. The first kappa shape index (κ1) is 14.4. The highest BCUT2D eigenvalue weighted by Crippen LogP contribution is 2.27. The summed E-state index contributed by atoms with van der Waals surface area (Å²) in [5.74, 6) is 0.0356. The number of carbonyl (C=O) groups excluding carboxylic acids is 1. The predicted molar refractivity (Wildman–Crippen MR) is 57.5 cm³/mol. The third-order valence-corrected chi connectivity index (χ3v) is 2.67. The lowest BCUT2D eigenvalue weighted by Gasteiger charge is -2.26. The number of rotatable bonds is 7. The molecule has 0 aromatic carbocycles. The minimum Gasteiger partial charge on any atom is -0.463 e. The summed E-state index contributed by atoms with van der Waals surface area (Å²) in [6, 6.07) is 0. The first-order valence-corrected chi connectivity index (χ1v) is 5.28. The van der Waals surface area contributed by atoms with Crippen LogP contribution in [0.25, 0.3) is 0 Å². The normalized spacial score (nSPS) is 11.9. The molecule has 4 nitrogen and oxygen atoms in total. The van der Waals surface area contributed by atoms with Gasteiger partial charge >= 0.3 is 5.97 Å². The minimum atomic E-state index is -0.461. The second-order valence-corrected chi connectivity index (χ2v) is 4.35. The molecule has 0 aliphatic rings. The fourth-order valence-corrected chi connectivity index (χ4v) is 0.782. The molecule has 0 fully saturated rings. The number of esters is 1. The standard InChI is InChI=1S/C11H22O4/c1-9(2)11(3,4)10(13)15-8-7-14-6-5-12/h9,12H,5-8H2,1-4H3. The van der Waals surface area contributed by atoms with Crippen molar-refractivity contribution in [2.24, 2.45) is 11.3 Å². The van der Waals surface area contributed by atoms with Crippen LogP contribution in [-0.4, -0.2) is 37.5 Å². The van der Waals surface area contributed by atoms with Gasteiger partial charge in [0.2, 0.25) is 0 Å². The Morgan fingerprint density at radius 1 is 1.27 bits per heavy atom. The number of hydrogen-bond acceptors (Lipinski definition) is 4. The van der Waals surface area contributed by atoms with Crippen molar-refractivity contribution in [3.05, 3.63) is 0 Å². The van der Waals surface area contributed by atoms with Crippen LogP contribution >= 0.6 is 0 Å². The second kappa shape index (κ2) is 6.80. The van der Waals surface area contributed by atoms with E-state index >= 15 is 0 Å². The molecule has 0 saturated carbocycles.